The maximum atomic E-state index is 13.2. The zero-order valence-electron chi connectivity index (χ0n) is 21.7. The fourth-order valence-corrected chi connectivity index (χ4v) is 4.51. The van der Waals surface area contributed by atoms with Gasteiger partial charge in [0.15, 0.2) is 0 Å². The predicted molar refractivity (Wildman–Crippen MR) is 147 cm³/mol. The number of nitrogens with zero attached hydrogens (tertiary/aromatic N) is 2. The van der Waals surface area contributed by atoms with E-state index in [-0.39, 0.29) is 24.1 Å². The summed E-state index contributed by atoms with van der Waals surface area (Å²) < 4.78 is 23.8. The van der Waals surface area contributed by atoms with Crippen molar-refractivity contribution in [3.05, 3.63) is 83.7 Å². The van der Waals surface area contributed by atoms with Crippen LogP contribution in [0.15, 0.2) is 66.7 Å². The van der Waals surface area contributed by atoms with Gasteiger partial charge in [-0.3, -0.25) is 9.59 Å². The average molecular weight is 521 g/mol. The van der Waals surface area contributed by atoms with Crippen LogP contribution in [0.1, 0.15) is 15.9 Å². The Morgan fingerprint density at radius 2 is 1.58 bits per heavy atom. The van der Waals surface area contributed by atoms with Crippen molar-refractivity contribution in [2.45, 2.75) is 6.42 Å². The van der Waals surface area contributed by atoms with Gasteiger partial charge in [0.25, 0.3) is 5.91 Å². The van der Waals surface area contributed by atoms with E-state index in [0.717, 1.165) is 30.2 Å². The first-order valence-corrected chi connectivity index (χ1v) is 12.6. The molecule has 0 aliphatic carbocycles. The third-order valence-electron chi connectivity index (χ3n) is 6.44. The molecule has 4 rings (SSSR count). The number of methoxy groups -OCH3 is 2. The van der Waals surface area contributed by atoms with Gasteiger partial charge in [0.2, 0.25) is 5.91 Å². The number of piperazine rings is 1. The van der Waals surface area contributed by atoms with E-state index in [1.54, 1.807) is 38.5 Å². The van der Waals surface area contributed by atoms with Crippen molar-refractivity contribution < 1.29 is 23.5 Å². The number of halogens is 1. The summed E-state index contributed by atoms with van der Waals surface area (Å²) in [7, 11) is 3.25. The van der Waals surface area contributed by atoms with Crippen molar-refractivity contribution in [3.63, 3.8) is 0 Å². The van der Waals surface area contributed by atoms with Crippen molar-refractivity contribution in [2.75, 3.05) is 68.7 Å². The van der Waals surface area contributed by atoms with Crippen molar-refractivity contribution in [2.24, 2.45) is 0 Å². The summed E-state index contributed by atoms with van der Waals surface area (Å²) in [6.45, 7) is 3.73. The molecule has 38 heavy (non-hydrogen) atoms. The van der Waals surface area contributed by atoms with Gasteiger partial charge in [0, 0.05) is 51.2 Å². The van der Waals surface area contributed by atoms with E-state index in [9.17, 15) is 14.0 Å². The lowest BCUT2D eigenvalue weighted by Crippen LogP contribution is -2.47. The summed E-state index contributed by atoms with van der Waals surface area (Å²) in [5, 5.41) is 5.75. The van der Waals surface area contributed by atoms with E-state index < -0.39 is 0 Å². The Labute approximate surface area is 222 Å². The number of para-hydroxylation sites is 2. The van der Waals surface area contributed by atoms with Crippen LogP contribution in [0.25, 0.3) is 0 Å². The number of nitrogens with one attached hydrogen (secondary N) is 2. The number of ether oxygens (including phenoxy) is 2. The van der Waals surface area contributed by atoms with Crippen LogP contribution in [-0.4, -0.2) is 65.4 Å². The summed E-state index contributed by atoms with van der Waals surface area (Å²) in [6, 6.07) is 19.1. The lowest BCUT2D eigenvalue weighted by Gasteiger charge is -2.38. The van der Waals surface area contributed by atoms with Crippen LogP contribution in [0.3, 0.4) is 0 Å². The Balaban J connectivity index is 1.49. The minimum absolute atomic E-state index is 0.0995. The van der Waals surface area contributed by atoms with Crippen LogP contribution >= 0.6 is 0 Å². The number of carbonyl (C=O) groups excluding carboxylic acids is 2. The molecular formula is C29H33FN4O4. The second-order valence-corrected chi connectivity index (χ2v) is 8.98. The Kier molecular flexibility index (Phi) is 9.16. The van der Waals surface area contributed by atoms with Crippen LogP contribution in [0.5, 0.6) is 5.75 Å². The molecule has 3 aromatic rings. The van der Waals surface area contributed by atoms with Gasteiger partial charge < -0.3 is 29.9 Å². The van der Waals surface area contributed by atoms with E-state index in [1.165, 1.54) is 12.1 Å². The molecule has 1 heterocycles. The predicted octanol–water partition coefficient (Wildman–Crippen LogP) is 3.72. The lowest BCUT2D eigenvalue weighted by atomic mass is 10.1. The number of anilines is 3. The molecule has 0 bridgehead atoms. The van der Waals surface area contributed by atoms with Gasteiger partial charge in [0.05, 0.1) is 31.4 Å². The van der Waals surface area contributed by atoms with Gasteiger partial charge in [-0.05, 0) is 48.0 Å². The molecular weight excluding hydrogens is 487 g/mol. The zero-order chi connectivity index (χ0) is 26.9. The molecule has 1 aliphatic rings. The van der Waals surface area contributed by atoms with Crippen molar-refractivity contribution in [3.8, 4) is 5.75 Å². The fraction of sp³-hybridized carbons (Fsp3) is 0.310. The molecule has 0 unspecified atom stereocenters. The van der Waals surface area contributed by atoms with E-state index in [4.69, 9.17) is 9.47 Å². The first-order chi connectivity index (χ1) is 18.5. The first kappa shape index (κ1) is 26.9. The SMILES string of the molecule is COCCNC(=O)c1cc(NC(=O)Cc2ccc(F)cc2)ccc1N1CCN(c2ccccc2OC)CC1. The average Bonchev–Trinajstić information content (AvgIpc) is 2.94. The van der Waals surface area contributed by atoms with E-state index in [0.29, 0.717) is 43.1 Å². The van der Waals surface area contributed by atoms with Gasteiger partial charge >= 0.3 is 0 Å². The highest BCUT2D eigenvalue weighted by Crippen LogP contribution is 2.31. The van der Waals surface area contributed by atoms with Crippen LogP contribution in [0.2, 0.25) is 0 Å². The topological polar surface area (TPSA) is 83.1 Å². The zero-order valence-corrected chi connectivity index (χ0v) is 21.7. The molecule has 3 aromatic carbocycles. The number of rotatable bonds is 10. The van der Waals surface area contributed by atoms with Crippen LogP contribution in [0, 0.1) is 5.82 Å². The number of carbonyl (C=O) groups is 2. The quantitative estimate of drug-likeness (QED) is 0.397. The highest BCUT2D eigenvalue weighted by atomic mass is 19.1. The number of hydrogen-bond donors (Lipinski definition) is 2. The molecule has 2 amide bonds. The number of benzene rings is 3. The van der Waals surface area contributed by atoms with Crippen molar-refractivity contribution in [1.82, 2.24) is 5.32 Å². The summed E-state index contributed by atoms with van der Waals surface area (Å²) in [6.07, 6.45) is 0.0995. The highest BCUT2D eigenvalue weighted by Gasteiger charge is 2.24. The molecule has 9 heteroatoms. The number of hydrogen-bond acceptors (Lipinski definition) is 6. The van der Waals surface area contributed by atoms with Gasteiger partial charge in [-0.2, -0.15) is 0 Å². The highest BCUT2D eigenvalue weighted by molar-refractivity contribution is 6.02. The third-order valence-corrected chi connectivity index (χ3v) is 6.44. The normalized spacial score (nSPS) is 13.2. The summed E-state index contributed by atoms with van der Waals surface area (Å²) >= 11 is 0. The van der Waals surface area contributed by atoms with Gasteiger partial charge in [-0.1, -0.05) is 24.3 Å². The second kappa shape index (κ2) is 12.9. The molecule has 1 saturated heterocycles. The smallest absolute Gasteiger partial charge is 0.253 e. The molecule has 0 aromatic heterocycles. The third kappa shape index (κ3) is 6.80. The van der Waals surface area contributed by atoms with Gasteiger partial charge in [-0.25, -0.2) is 4.39 Å². The minimum Gasteiger partial charge on any atom is -0.495 e. The summed E-state index contributed by atoms with van der Waals surface area (Å²) in [4.78, 5) is 30.2. The van der Waals surface area contributed by atoms with Crippen molar-refractivity contribution in [1.29, 1.82) is 0 Å². The summed E-state index contributed by atoms with van der Waals surface area (Å²) in [5.41, 5.74) is 3.55. The minimum atomic E-state index is -0.349. The maximum Gasteiger partial charge on any atom is 0.253 e. The maximum absolute atomic E-state index is 13.2. The molecule has 1 aliphatic heterocycles. The molecule has 0 spiro atoms. The summed E-state index contributed by atoms with van der Waals surface area (Å²) in [5.74, 6) is -0.00290. The molecule has 0 radical (unpaired) electrons. The molecule has 0 atom stereocenters. The Morgan fingerprint density at radius 1 is 0.895 bits per heavy atom. The van der Waals surface area contributed by atoms with Crippen LogP contribution in [0.4, 0.5) is 21.5 Å². The van der Waals surface area contributed by atoms with E-state index >= 15 is 0 Å². The second-order valence-electron chi connectivity index (χ2n) is 8.98. The molecule has 1 fully saturated rings. The monoisotopic (exact) mass is 520 g/mol. The largest absolute Gasteiger partial charge is 0.495 e. The molecule has 8 nitrogen and oxygen atoms in total. The van der Waals surface area contributed by atoms with Crippen LogP contribution < -0.4 is 25.2 Å². The van der Waals surface area contributed by atoms with Gasteiger partial charge in [0.1, 0.15) is 11.6 Å². The Hall–Kier alpha value is -4.11. The van der Waals surface area contributed by atoms with Crippen LogP contribution in [-0.2, 0) is 16.0 Å². The van der Waals surface area contributed by atoms with E-state index in [1.807, 2.05) is 30.3 Å². The Morgan fingerprint density at radius 3 is 2.26 bits per heavy atom. The standard InChI is InChI=1S/C29H33FN4O4/c1-37-18-13-31-29(36)24-20-23(32-28(35)19-21-7-9-22(30)10-8-21)11-12-25(24)33-14-16-34(17-15-33)26-5-3-4-6-27(26)38-2/h3-12,20H,13-19H2,1-2H3,(H,31,36)(H,32,35). The number of amides is 2. The van der Waals surface area contributed by atoms with Gasteiger partial charge in [-0.15, -0.1) is 0 Å². The lowest BCUT2D eigenvalue weighted by molar-refractivity contribution is -0.115. The molecule has 2 N–H and O–H groups in total. The molecule has 200 valence electrons. The van der Waals surface area contributed by atoms with E-state index in [2.05, 4.69) is 20.4 Å². The fourth-order valence-electron chi connectivity index (χ4n) is 4.51. The Bertz CT molecular complexity index is 1240. The first-order valence-electron chi connectivity index (χ1n) is 12.6. The molecule has 0 saturated carbocycles. The van der Waals surface area contributed by atoms with Crippen molar-refractivity contribution >= 4 is 28.9 Å².